The molecule has 1 heterocycles. The smallest absolute Gasteiger partial charge is 0.333 e. The molecular formula is C18H29N3O9S. The Balaban J connectivity index is 2.44. The van der Waals surface area contributed by atoms with Gasteiger partial charge in [-0.1, -0.05) is 0 Å². The molecule has 31 heavy (non-hydrogen) atoms. The zero-order chi connectivity index (χ0) is 23.8. The molecule has 1 fully saturated rings. The molecule has 0 saturated carbocycles. The first kappa shape index (κ1) is 26.7. The number of nitrogens with zero attached hydrogens (tertiary/aromatic N) is 2. The van der Waals surface area contributed by atoms with Gasteiger partial charge in [-0.05, 0) is 39.8 Å². The van der Waals surface area contributed by atoms with Gasteiger partial charge in [0.25, 0.3) is 21.9 Å². The second-order valence-corrected chi connectivity index (χ2v) is 9.07. The van der Waals surface area contributed by atoms with Gasteiger partial charge in [-0.15, -0.1) is 5.06 Å². The Kier molecular flexibility index (Phi) is 10.2. The van der Waals surface area contributed by atoms with Crippen LogP contribution in [0.1, 0.15) is 51.9 Å². The SMILES string of the molecule is CC(=O)NCCCCC(C(=O)CCCC(=O)ON1C(=O)CC(S(=O)(=O)O)C1=O)N(C)C. The van der Waals surface area contributed by atoms with Crippen LogP contribution in [0.4, 0.5) is 0 Å². The molecule has 2 atom stereocenters. The zero-order valence-electron chi connectivity index (χ0n) is 17.8. The molecule has 1 rings (SSSR count). The van der Waals surface area contributed by atoms with Crippen LogP contribution in [0.3, 0.4) is 0 Å². The number of carbonyl (C=O) groups excluding carboxylic acids is 5. The average molecular weight is 464 g/mol. The first-order valence-electron chi connectivity index (χ1n) is 9.82. The van der Waals surface area contributed by atoms with Gasteiger partial charge in [-0.2, -0.15) is 8.42 Å². The number of likely N-dealkylation sites (N-methyl/N-ethyl adjacent to an activating group) is 1. The van der Waals surface area contributed by atoms with Gasteiger partial charge in [-0.25, -0.2) is 4.79 Å². The molecule has 0 aromatic rings. The monoisotopic (exact) mass is 463 g/mol. The lowest BCUT2D eigenvalue weighted by Gasteiger charge is -2.23. The summed E-state index contributed by atoms with van der Waals surface area (Å²) in [5.41, 5.74) is 0. The molecule has 0 aromatic carbocycles. The molecule has 3 amide bonds. The van der Waals surface area contributed by atoms with Crippen molar-refractivity contribution in [2.45, 2.75) is 63.2 Å². The standard InChI is InChI=1S/C18H29N3O9S/c1-12(22)19-10-5-4-7-13(20(2)3)14(23)8-6-9-17(25)30-21-16(24)11-15(18(21)26)31(27,28)29/h13,15H,4-11H2,1-3H3,(H,19,22)(H,27,28,29). The molecule has 13 heteroatoms. The molecule has 1 saturated heterocycles. The summed E-state index contributed by atoms with van der Waals surface area (Å²) in [6, 6.07) is -0.356. The highest BCUT2D eigenvalue weighted by atomic mass is 32.2. The molecule has 0 radical (unpaired) electrons. The summed E-state index contributed by atoms with van der Waals surface area (Å²) < 4.78 is 31.1. The van der Waals surface area contributed by atoms with Gasteiger partial charge >= 0.3 is 5.97 Å². The molecule has 0 aliphatic carbocycles. The number of rotatable bonds is 13. The molecule has 1 aliphatic rings. The lowest BCUT2D eigenvalue weighted by atomic mass is 10.00. The number of hydroxylamine groups is 2. The third-order valence-electron chi connectivity index (χ3n) is 4.69. The number of hydrogen-bond donors (Lipinski definition) is 2. The molecule has 176 valence electrons. The van der Waals surface area contributed by atoms with Crippen molar-refractivity contribution in [1.82, 2.24) is 15.3 Å². The molecule has 0 aromatic heterocycles. The first-order chi connectivity index (χ1) is 14.3. The van der Waals surface area contributed by atoms with Crippen LogP contribution in [0, 0.1) is 0 Å². The van der Waals surface area contributed by atoms with E-state index in [1.807, 2.05) is 0 Å². The van der Waals surface area contributed by atoms with E-state index in [0.29, 0.717) is 13.0 Å². The Labute approximate surface area is 181 Å². The van der Waals surface area contributed by atoms with Crippen LogP contribution in [-0.2, 0) is 38.9 Å². The van der Waals surface area contributed by atoms with E-state index in [2.05, 4.69) is 10.2 Å². The Morgan fingerprint density at radius 1 is 1.19 bits per heavy atom. The molecule has 12 nitrogen and oxygen atoms in total. The summed E-state index contributed by atoms with van der Waals surface area (Å²) in [4.78, 5) is 65.1. The van der Waals surface area contributed by atoms with Gasteiger partial charge in [0.15, 0.2) is 5.25 Å². The molecule has 2 N–H and O–H groups in total. The van der Waals surface area contributed by atoms with Crippen molar-refractivity contribution in [2.75, 3.05) is 20.6 Å². The van der Waals surface area contributed by atoms with Crippen molar-refractivity contribution in [3.05, 3.63) is 0 Å². The average Bonchev–Trinajstić information content (AvgIpc) is 2.92. The van der Waals surface area contributed by atoms with Crippen molar-refractivity contribution in [2.24, 2.45) is 0 Å². The van der Waals surface area contributed by atoms with Crippen LogP contribution in [0.15, 0.2) is 0 Å². The van der Waals surface area contributed by atoms with E-state index in [-0.39, 0.29) is 42.1 Å². The van der Waals surface area contributed by atoms with Gasteiger partial charge in [0, 0.05) is 26.3 Å². The van der Waals surface area contributed by atoms with Crippen molar-refractivity contribution in [3.63, 3.8) is 0 Å². The number of carbonyl (C=O) groups is 5. The third-order valence-corrected chi connectivity index (χ3v) is 5.78. The summed E-state index contributed by atoms with van der Waals surface area (Å²) in [6.45, 7) is 1.96. The lowest BCUT2D eigenvalue weighted by Crippen LogP contribution is -2.37. The summed E-state index contributed by atoms with van der Waals surface area (Å²) in [6.07, 6.45) is 1.16. The maximum absolute atomic E-state index is 12.5. The highest BCUT2D eigenvalue weighted by Crippen LogP contribution is 2.20. The van der Waals surface area contributed by atoms with Crippen LogP contribution >= 0.6 is 0 Å². The Morgan fingerprint density at radius 3 is 2.35 bits per heavy atom. The minimum absolute atomic E-state index is 0.0420. The Morgan fingerprint density at radius 2 is 1.84 bits per heavy atom. The fourth-order valence-electron chi connectivity index (χ4n) is 3.07. The van der Waals surface area contributed by atoms with Gasteiger partial charge < -0.3 is 10.2 Å². The fraction of sp³-hybridized carbons (Fsp3) is 0.722. The minimum atomic E-state index is -4.79. The molecule has 0 bridgehead atoms. The van der Waals surface area contributed by atoms with Crippen molar-refractivity contribution < 1.29 is 41.8 Å². The number of Topliss-reactive ketones (excluding diaryl/α,β-unsaturated/α-hetero) is 1. The van der Waals surface area contributed by atoms with E-state index in [9.17, 15) is 32.4 Å². The largest absolute Gasteiger partial charge is 0.356 e. The van der Waals surface area contributed by atoms with E-state index >= 15 is 0 Å². The predicted octanol–water partition coefficient (Wildman–Crippen LogP) is -0.564. The number of ketones is 1. The van der Waals surface area contributed by atoms with Crippen molar-refractivity contribution in [1.29, 1.82) is 0 Å². The van der Waals surface area contributed by atoms with Crippen LogP contribution in [0.25, 0.3) is 0 Å². The molecule has 0 spiro atoms. The van der Waals surface area contributed by atoms with Gasteiger partial charge in [0.2, 0.25) is 5.91 Å². The van der Waals surface area contributed by atoms with Crippen LogP contribution in [0.5, 0.6) is 0 Å². The van der Waals surface area contributed by atoms with Crippen molar-refractivity contribution in [3.8, 4) is 0 Å². The Hall–Kier alpha value is -2.38. The molecule has 1 aliphatic heterocycles. The summed E-state index contributed by atoms with van der Waals surface area (Å²) in [5.74, 6) is -3.55. The summed E-state index contributed by atoms with van der Waals surface area (Å²) in [7, 11) is -1.26. The molecule has 2 unspecified atom stereocenters. The van der Waals surface area contributed by atoms with Crippen LogP contribution in [0.2, 0.25) is 0 Å². The van der Waals surface area contributed by atoms with E-state index in [4.69, 9.17) is 4.55 Å². The maximum atomic E-state index is 12.5. The van der Waals surface area contributed by atoms with Gasteiger partial charge in [0.05, 0.1) is 12.5 Å². The number of imide groups is 1. The number of hydrogen-bond acceptors (Lipinski definition) is 9. The highest BCUT2D eigenvalue weighted by Gasteiger charge is 2.48. The normalized spacial score (nSPS) is 17.7. The minimum Gasteiger partial charge on any atom is -0.356 e. The lowest BCUT2D eigenvalue weighted by molar-refractivity contribution is -0.197. The number of amides is 3. The number of unbranched alkanes of at least 4 members (excludes halogenated alkanes) is 1. The van der Waals surface area contributed by atoms with Gasteiger partial charge in [0.1, 0.15) is 5.78 Å². The molecular weight excluding hydrogens is 434 g/mol. The highest BCUT2D eigenvalue weighted by molar-refractivity contribution is 7.87. The van der Waals surface area contributed by atoms with E-state index in [1.165, 1.54) is 6.92 Å². The summed E-state index contributed by atoms with van der Waals surface area (Å²) in [5, 5.41) is 0.740. The maximum Gasteiger partial charge on any atom is 0.333 e. The second kappa shape index (κ2) is 11.9. The third kappa shape index (κ3) is 8.71. The number of nitrogens with one attached hydrogen (secondary N) is 1. The van der Waals surface area contributed by atoms with E-state index in [0.717, 1.165) is 12.8 Å². The van der Waals surface area contributed by atoms with Crippen molar-refractivity contribution >= 4 is 39.6 Å². The van der Waals surface area contributed by atoms with Gasteiger partial charge in [-0.3, -0.25) is 28.6 Å². The van der Waals surface area contributed by atoms with E-state index in [1.54, 1.807) is 19.0 Å². The second-order valence-electron chi connectivity index (χ2n) is 7.48. The predicted molar refractivity (Wildman–Crippen MR) is 107 cm³/mol. The van der Waals surface area contributed by atoms with Crippen LogP contribution < -0.4 is 5.32 Å². The van der Waals surface area contributed by atoms with Crippen LogP contribution in [-0.4, -0.2) is 84.3 Å². The quantitative estimate of drug-likeness (QED) is 0.205. The fourth-order valence-corrected chi connectivity index (χ4v) is 3.77. The Bertz CT molecular complexity index is 810. The zero-order valence-corrected chi connectivity index (χ0v) is 18.6. The summed E-state index contributed by atoms with van der Waals surface area (Å²) >= 11 is 0. The first-order valence-corrected chi connectivity index (χ1v) is 11.3. The van der Waals surface area contributed by atoms with E-state index < -0.39 is 39.6 Å². The topological polar surface area (TPSA) is 167 Å².